The molecule has 2 aromatic rings. The van der Waals surface area contributed by atoms with Gasteiger partial charge < -0.3 is 9.64 Å². The minimum Gasteiger partial charge on any atom is -0.454 e. The summed E-state index contributed by atoms with van der Waals surface area (Å²) in [6.07, 6.45) is 1.49. The highest BCUT2D eigenvalue weighted by Gasteiger charge is 2.12. The molecule has 0 saturated heterocycles. The fraction of sp³-hybridized carbons (Fsp3) is 0.471. The van der Waals surface area contributed by atoms with E-state index in [1.165, 1.54) is 6.33 Å². The summed E-state index contributed by atoms with van der Waals surface area (Å²) >= 11 is 0. The van der Waals surface area contributed by atoms with Gasteiger partial charge in [-0.05, 0) is 37.1 Å². The molecule has 0 amide bonds. The van der Waals surface area contributed by atoms with Gasteiger partial charge in [-0.25, -0.2) is 14.5 Å². The molecule has 0 radical (unpaired) electrons. The summed E-state index contributed by atoms with van der Waals surface area (Å²) in [7, 11) is 2.01. The van der Waals surface area contributed by atoms with Crippen LogP contribution in [-0.2, 0) is 17.9 Å². The van der Waals surface area contributed by atoms with E-state index in [2.05, 4.69) is 35.8 Å². The molecule has 0 aliphatic heterocycles. The Bertz CT molecular complexity index is 634. The molecule has 0 aliphatic carbocycles. The number of nitrogens with zero attached hydrogens (tertiary/aromatic N) is 4. The molecule has 0 unspecified atom stereocenters. The van der Waals surface area contributed by atoms with Gasteiger partial charge in [0.15, 0.2) is 12.4 Å². The molecule has 0 saturated carbocycles. The second-order valence-corrected chi connectivity index (χ2v) is 5.89. The van der Waals surface area contributed by atoms with Gasteiger partial charge in [0.25, 0.3) is 0 Å². The molecule has 6 nitrogen and oxygen atoms in total. The average Bonchev–Trinajstić information content (AvgIpc) is 2.98. The van der Waals surface area contributed by atoms with Crippen molar-refractivity contribution in [3.63, 3.8) is 0 Å². The molecule has 23 heavy (non-hydrogen) atoms. The molecule has 1 aromatic carbocycles. The standard InChI is InChI=1S/C17H24N4O2/c1-5-20(4)15-8-6-14(7-9-15)17(22)23-11-16-18-12-19-21(16)10-13(2)3/h6-9,12-13H,5,10-11H2,1-4H3. The predicted molar refractivity (Wildman–Crippen MR) is 89.4 cm³/mol. The normalized spacial score (nSPS) is 10.8. The highest BCUT2D eigenvalue weighted by Crippen LogP contribution is 2.14. The first kappa shape index (κ1) is 17.0. The Balaban J connectivity index is 1.96. The maximum absolute atomic E-state index is 12.1. The fourth-order valence-electron chi connectivity index (χ4n) is 2.15. The largest absolute Gasteiger partial charge is 0.454 e. The van der Waals surface area contributed by atoms with Crippen molar-refractivity contribution in [2.45, 2.75) is 33.9 Å². The first-order chi connectivity index (χ1) is 11.0. The quantitative estimate of drug-likeness (QED) is 0.735. The monoisotopic (exact) mass is 316 g/mol. The van der Waals surface area contributed by atoms with Gasteiger partial charge in [-0.15, -0.1) is 0 Å². The number of esters is 1. The number of carbonyl (C=O) groups is 1. The maximum Gasteiger partial charge on any atom is 0.338 e. The molecular weight excluding hydrogens is 292 g/mol. The first-order valence-corrected chi connectivity index (χ1v) is 7.86. The molecule has 0 aliphatic rings. The van der Waals surface area contributed by atoms with E-state index < -0.39 is 0 Å². The number of benzene rings is 1. The van der Waals surface area contributed by atoms with Crippen LogP contribution >= 0.6 is 0 Å². The minimum atomic E-state index is -0.352. The zero-order valence-electron chi connectivity index (χ0n) is 14.2. The van der Waals surface area contributed by atoms with Crippen molar-refractivity contribution in [3.05, 3.63) is 42.0 Å². The zero-order chi connectivity index (χ0) is 16.8. The lowest BCUT2D eigenvalue weighted by Gasteiger charge is -2.16. The number of ether oxygens (including phenoxy) is 1. The third-order valence-electron chi connectivity index (χ3n) is 3.58. The lowest BCUT2D eigenvalue weighted by Crippen LogP contribution is -2.16. The van der Waals surface area contributed by atoms with Crippen molar-refractivity contribution in [3.8, 4) is 0 Å². The summed E-state index contributed by atoms with van der Waals surface area (Å²) in [5, 5.41) is 4.16. The number of anilines is 1. The van der Waals surface area contributed by atoms with Gasteiger partial charge in [-0.3, -0.25) is 0 Å². The third-order valence-corrected chi connectivity index (χ3v) is 3.58. The van der Waals surface area contributed by atoms with Crippen molar-refractivity contribution in [1.82, 2.24) is 14.8 Å². The van der Waals surface area contributed by atoms with Crippen LogP contribution in [0.15, 0.2) is 30.6 Å². The SMILES string of the molecule is CCN(C)c1ccc(C(=O)OCc2ncnn2CC(C)C)cc1. The number of hydrogen-bond acceptors (Lipinski definition) is 5. The number of rotatable bonds is 7. The molecular formula is C17H24N4O2. The summed E-state index contributed by atoms with van der Waals surface area (Å²) in [4.78, 5) is 18.4. The predicted octanol–water partition coefficient (Wildman–Crippen LogP) is 2.75. The second-order valence-electron chi connectivity index (χ2n) is 5.89. The van der Waals surface area contributed by atoms with E-state index in [9.17, 15) is 4.79 Å². The first-order valence-electron chi connectivity index (χ1n) is 7.86. The Morgan fingerprint density at radius 3 is 2.61 bits per heavy atom. The number of aromatic nitrogens is 3. The van der Waals surface area contributed by atoms with E-state index >= 15 is 0 Å². The Hall–Kier alpha value is -2.37. The van der Waals surface area contributed by atoms with Gasteiger partial charge in [0.2, 0.25) is 0 Å². The Labute approximate surface area is 137 Å². The number of carbonyl (C=O) groups excluding carboxylic acids is 1. The van der Waals surface area contributed by atoms with Crippen LogP contribution in [0.4, 0.5) is 5.69 Å². The van der Waals surface area contributed by atoms with Crippen LogP contribution < -0.4 is 4.90 Å². The Kier molecular flexibility index (Phi) is 5.73. The molecule has 6 heteroatoms. The van der Waals surface area contributed by atoms with E-state index in [0.717, 1.165) is 18.8 Å². The van der Waals surface area contributed by atoms with Crippen molar-refractivity contribution in [2.24, 2.45) is 5.92 Å². The van der Waals surface area contributed by atoms with E-state index in [4.69, 9.17) is 4.74 Å². The Morgan fingerprint density at radius 1 is 1.30 bits per heavy atom. The topological polar surface area (TPSA) is 60.3 Å². The van der Waals surface area contributed by atoms with Crippen LogP contribution in [-0.4, -0.2) is 34.3 Å². The third kappa shape index (κ3) is 4.55. The minimum absolute atomic E-state index is 0.127. The molecule has 2 rings (SSSR count). The van der Waals surface area contributed by atoms with E-state index in [-0.39, 0.29) is 12.6 Å². The van der Waals surface area contributed by atoms with Gasteiger partial charge >= 0.3 is 5.97 Å². The van der Waals surface area contributed by atoms with Crippen LogP contribution in [0, 0.1) is 5.92 Å². The molecule has 124 valence electrons. The van der Waals surface area contributed by atoms with E-state index in [1.54, 1.807) is 16.8 Å². The van der Waals surface area contributed by atoms with Crippen LogP contribution in [0.25, 0.3) is 0 Å². The highest BCUT2D eigenvalue weighted by molar-refractivity contribution is 5.89. The lowest BCUT2D eigenvalue weighted by atomic mass is 10.2. The molecule has 0 fully saturated rings. The molecule has 0 spiro atoms. The summed E-state index contributed by atoms with van der Waals surface area (Å²) < 4.78 is 7.12. The van der Waals surface area contributed by atoms with Crippen LogP contribution in [0.2, 0.25) is 0 Å². The highest BCUT2D eigenvalue weighted by atomic mass is 16.5. The molecule has 0 N–H and O–H groups in total. The maximum atomic E-state index is 12.1. The van der Waals surface area contributed by atoms with Gasteiger partial charge in [-0.2, -0.15) is 5.10 Å². The van der Waals surface area contributed by atoms with Crippen molar-refractivity contribution < 1.29 is 9.53 Å². The number of hydrogen-bond donors (Lipinski definition) is 0. The summed E-state index contributed by atoms with van der Waals surface area (Å²) in [6, 6.07) is 7.40. The van der Waals surface area contributed by atoms with Gasteiger partial charge in [0, 0.05) is 25.8 Å². The lowest BCUT2D eigenvalue weighted by molar-refractivity contribution is 0.0456. The Morgan fingerprint density at radius 2 is 2.00 bits per heavy atom. The van der Waals surface area contributed by atoms with Gasteiger partial charge in [0.1, 0.15) is 6.33 Å². The molecule has 1 aromatic heterocycles. The van der Waals surface area contributed by atoms with Crippen LogP contribution in [0.3, 0.4) is 0 Å². The van der Waals surface area contributed by atoms with E-state index in [1.807, 2.05) is 19.2 Å². The van der Waals surface area contributed by atoms with Gasteiger partial charge in [0.05, 0.1) is 5.56 Å². The summed E-state index contributed by atoms with van der Waals surface area (Å²) in [5.74, 6) is 0.762. The van der Waals surface area contributed by atoms with E-state index in [0.29, 0.717) is 17.3 Å². The van der Waals surface area contributed by atoms with Gasteiger partial charge in [-0.1, -0.05) is 13.8 Å². The summed E-state index contributed by atoms with van der Waals surface area (Å²) in [6.45, 7) is 8.08. The smallest absolute Gasteiger partial charge is 0.338 e. The molecule has 0 bridgehead atoms. The van der Waals surface area contributed by atoms with Crippen molar-refractivity contribution >= 4 is 11.7 Å². The fourth-order valence-corrected chi connectivity index (χ4v) is 2.15. The van der Waals surface area contributed by atoms with Crippen molar-refractivity contribution in [1.29, 1.82) is 0 Å². The molecule has 1 heterocycles. The summed E-state index contributed by atoms with van der Waals surface area (Å²) in [5.41, 5.74) is 1.61. The van der Waals surface area contributed by atoms with Crippen molar-refractivity contribution in [2.75, 3.05) is 18.5 Å². The zero-order valence-corrected chi connectivity index (χ0v) is 14.2. The molecule has 0 atom stereocenters. The second kappa shape index (κ2) is 7.76. The van der Waals surface area contributed by atoms with Crippen LogP contribution in [0.5, 0.6) is 0 Å². The average molecular weight is 316 g/mol. The van der Waals surface area contributed by atoms with Crippen LogP contribution in [0.1, 0.15) is 37.0 Å².